The van der Waals surface area contributed by atoms with E-state index in [4.69, 9.17) is 5.11 Å². The summed E-state index contributed by atoms with van der Waals surface area (Å²) < 4.78 is 0. The minimum atomic E-state index is 0.293. The molecule has 1 heterocycles. The van der Waals surface area contributed by atoms with Crippen LogP contribution in [0.25, 0.3) is 0 Å². The van der Waals surface area contributed by atoms with Crippen LogP contribution in [0.5, 0.6) is 0 Å². The lowest BCUT2D eigenvalue weighted by Gasteiger charge is -2.32. The zero-order valence-electron chi connectivity index (χ0n) is 9.42. The van der Waals surface area contributed by atoms with Gasteiger partial charge in [-0.3, -0.25) is 0 Å². The summed E-state index contributed by atoms with van der Waals surface area (Å²) in [6.07, 6.45) is 3.44. The lowest BCUT2D eigenvalue weighted by Crippen LogP contribution is -2.46. The number of piperidine rings is 1. The van der Waals surface area contributed by atoms with Gasteiger partial charge < -0.3 is 15.7 Å². The van der Waals surface area contributed by atoms with Crippen LogP contribution >= 0.6 is 0 Å². The summed E-state index contributed by atoms with van der Waals surface area (Å²) in [4.78, 5) is 0. The molecule has 0 amide bonds. The van der Waals surface area contributed by atoms with E-state index in [1.807, 2.05) is 0 Å². The van der Waals surface area contributed by atoms with Crippen LogP contribution in [0.2, 0.25) is 0 Å². The molecule has 1 aliphatic heterocycles. The summed E-state index contributed by atoms with van der Waals surface area (Å²) in [5.41, 5.74) is 0. The molecule has 2 atom stereocenters. The second kappa shape index (κ2) is 6.38. The highest BCUT2D eigenvalue weighted by atomic mass is 16.3. The SMILES string of the molecule is CC(C)N[C@@H](CCO)[C@@H]1CCCNC1. The number of aliphatic hydroxyl groups is 1. The second-order valence-electron chi connectivity index (χ2n) is 4.55. The predicted octanol–water partition coefficient (Wildman–Crippen LogP) is 0.735. The molecule has 0 aromatic carbocycles. The van der Waals surface area contributed by atoms with Crippen molar-refractivity contribution in [3.8, 4) is 0 Å². The summed E-state index contributed by atoms with van der Waals surface area (Å²) >= 11 is 0. The minimum absolute atomic E-state index is 0.293. The molecule has 0 saturated carbocycles. The highest BCUT2D eigenvalue weighted by molar-refractivity contribution is 4.82. The molecule has 14 heavy (non-hydrogen) atoms. The second-order valence-corrected chi connectivity index (χ2v) is 4.55. The maximum absolute atomic E-state index is 9.02. The molecule has 0 aromatic heterocycles. The monoisotopic (exact) mass is 200 g/mol. The lowest BCUT2D eigenvalue weighted by molar-refractivity contribution is 0.207. The first-order valence-electron chi connectivity index (χ1n) is 5.81. The van der Waals surface area contributed by atoms with Gasteiger partial charge in [0.1, 0.15) is 0 Å². The van der Waals surface area contributed by atoms with Gasteiger partial charge in [0.05, 0.1) is 0 Å². The first-order chi connectivity index (χ1) is 6.74. The molecule has 1 rings (SSSR count). The van der Waals surface area contributed by atoms with Crippen LogP contribution in [0.3, 0.4) is 0 Å². The molecular weight excluding hydrogens is 176 g/mol. The zero-order chi connectivity index (χ0) is 10.4. The molecule has 84 valence electrons. The van der Waals surface area contributed by atoms with Crippen molar-refractivity contribution in [3.63, 3.8) is 0 Å². The maximum Gasteiger partial charge on any atom is 0.0445 e. The number of nitrogens with one attached hydrogen (secondary N) is 2. The van der Waals surface area contributed by atoms with Gasteiger partial charge in [0, 0.05) is 18.7 Å². The minimum Gasteiger partial charge on any atom is -0.396 e. The summed E-state index contributed by atoms with van der Waals surface area (Å²) in [5, 5.41) is 16.0. The van der Waals surface area contributed by atoms with Gasteiger partial charge in [-0.25, -0.2) is 0 Å². The standard InChI is InChI=1S/C11H24N2O/c1-9(2)13-11(5-7-14)10-4-3-6-12-8-10/h9-14H,3-8H2,1-2H3/t10-,11+/m1/s1. The molecular formula is C11H24N2O. The van der Waals surface area contributed by atoms with E-state index in [2.05, 4.69) is 24.5 Å². The molecule has 0 spiro atoms. The third kappa shape index (κ3) is 3.95. The predicted molar refractivity (Wildman–Crippen MR) is 59.4 cm³/mol. The van der Waals surface area contributed by atoms with Crippen LogP contribution in [0.1, 0.15) is 33.1 Å². The van der Waals surface area contributed by atoms with Crippen LogP contribution in [0.15, 0.2) is 0 Å². The van der Waals surface area contributed by atoms with Crippen LogP contribution in [-0.4, -0.2) is 36.9 Å². The highest BCUT2D eigenvalue weighted by Crippen LogP contribution is 2.17. The average molecular weight is 200 g/mol. The number of hydrogen-bond donors (Lipinski definition) is 3. The van der Waals surface area contributed by atoms with Crippen molar-refractivity contribution in [1.29, 1.82) is 0 Å². The van der Waals surface area contributed by atoms with Crippen LogP contribution in [-0.2, 0) is 0 Å². The van der Waals surface area contributed by atoms with Gasteiger partial charge in [-0.1, -0.05) is 13.8 Å². The van der Waals surface area contributed by atoms with Gasteiger partial charge in [0.2, 0.25) is 0 Å². The van der Waals surface area contributed by atoms with E-state index >= 15 is 0 Å². The van der Waals surface area contributed by atoms with Crippen LogP contribution < -0.4 is 10.6 Å². The molecule has 1 saturated heterocycles. The normalized spacial score (nSPS) is 25.3. The van der Waals surface area contributed by atoms with Crippen molar-refractivity contribution < 1.29 is 5.11 Å². The third-order valence-corrected chi connectivity index (χ3v) is 2.89. The molecule has 0 aliphatic carbocycles. The molecule has 0 radical (unpaired) electrons. The van der Waals surface area contributed by atoms with Gasteiger partial charge in [-0.15, -0.1) is 0 Å². The van der Waals surface area contributed by atoms with Gasteiger partial charge >= 0.3 is 0 Å². The van der Waals surface area contributed by atoms with Gasteiger partial charge in [-0.05, 0) is 38.3 Å². The molecule has 3 heteroatoms. The largest absolute Gasteiger partial charge is 0.396 e. The lowest BCUT2D eigenvalue weighted by atomic mass is 9.89. The topological polar surface area (TPSA) is 44.3 Å². The Morgan fingerprint density at radius 2 is 2.29 bits per heavy atom. The molecule has 0 bridgehead atoms. The van der Waals surface area contributed by atoms with E-state index in [9.17, 15) is 0 Å². The Hall–Kier alpha value is -0.120. The smallest absolute Gasteiger partial charge is 0.0445 e. The van der Waals surface area contributed by atoms with Crippen molar-refractivity contribution in [3.05, 3.63) is 0 Å². The fourth-order valence-corrected chi connectivity index (χ4v) is 2.24. The number of rotatable bonds is 5. The molecule has 3 nitrogen and oxygen atoms in total. The Labute approximate surface area is 87.3 Å². The third-order valence-electron chi connectivity index (χ3n) is 2.89. The molecule has 0 unspecified atom stereocenters. The Balaban J connectivity index is 2.38. The average Bonchev–Trinajstić information content (AvgIpc) is 2.18. The van der Waals surface area contributed by atoms with Gasteiger partial charge in [-0.2, -0.15) is 0 Å². The molecule has 1 aliphatic rings. The number of aliphatic hydroxyl groups excluding tert-OH is 1. The van der Waals surface area contributed by atoms with E-state index in [0.717, 1.165) is 19.5 Å². The number of hydrogen-bond acceptors (Lipinski definition) is 3. The van der Waals surface area contributed by atoms with Crippen molar-refractivity contribution in [1.82, 2.24) is 10.6 Å². The van der Waals surface area contributed by atoms with Crippen molar-refractivity contribution in [2.75, 3.05) is 19.7 Å². The zero-order valence-corrected chi connectivity index (χ0v) is 9.42. The van der Waals surface area contributed by atoms with Gasteiger partial charge in [0.15, 0.2) is 0 Å². The first-order valence-corrected chi connectivity index (χ1v) is 5.81. The fourth-order valence-electron chi connectivity index (χ4n) is 2.24. The van der Waals surface area contributed by atoms with Crippen molar-refractivity contribution in [2.45, 2.75) is 45.2 Å². The molecule has 1 fully saturated rings. The Kier molecular flexibility index (Phi) is 5.45. The maximum atomic E-state index is 9.02. The van der Waals surface area contributed by atoms with E-state index in [0.29, 0.717) is 24.6 Å². The van der Waals surface area contributed by atoms with E-state index < -0.39 is 0 Å². The summed E-state index contributed by atoms with van der Waals surface area (Å²) in [5.74, 6) is 0.693. The molecule has 3 N–H and O–H groups in total. The first kappa shape index (κ1) is 12.0. The van der Waals surface area contributed by atoms with Crippen molar-refractivity contribution >= 4 is 0 Å². The quantitative estimate of drug-likeness (QED) is 0.613. The fraction of sp³-hybridized carbons (Fsp3) is 1.00. The summed E-state index contributed by atoms with van der Waals surface area (Å²) in [6, 6.07) is 0.987. The highest BCUT2D eigenvalue weighted by Gasteiger charge is 2.23. The molecule has 0 aromatic rings. The van der Waals surface area contributed by atoms with Crippen LogP contribution in [0.4, 0.5) is 0 Å². The van der Waals surface area contributed by atoms with Gasteiger partial charge in [0.25, 0.3) is 0 Å². The van der Waals surface area contributed by atoms with Crippen LogP contribution in [0, 0.1) is 5.92 Å². The summed E-state index contributed by atoms with van der Waals surface area (Å²) in [6.45, 7) is 6.89. The Bertz CT molecular complexity index is 144. The van der Waals surface area contributed by atoms with Crippen molar-refractivity contribution in [2.24, 2.45) is 5.92 Å². The van der Waals surface area contributed by atoms with E-state index in [1.165, 1.54) is 12.8 Å². The summed E-state index contributed by atoms with van der Waals surface area (Å²) in [7, 11) is 0. The van der Waals surface area contributed by atoms with E-state index in [-0.39, 0.29) is 0 Å². The Morgan fingerprint density at radius 1 is 1.50 bits per heavy atom. The van der Waals surface area contributed by atoms with E-state index in [1.54, 1.807) is 0 Å². The Morgan fingerprint density at radius 3 is 2.79 bits per heavy atom.